The highest BCUT2D eigenvalue weighted by Crippen LogP contribution is 2.30. The quantitative estimate of drug-likeness (QED) is 0.849. The van der Waals surface area contributed by atoms with Gasteiger partial charge in [-0.2, -0.15) is 0 Å². The summed E-state index contributed by atoms with van der Waals surface area (Å²) in [6.07, 6.45) is 6.37. The first kappa shape index (κ1) is 13.9. The zero-order chi connectivity index (χ0) is 13.5. The number of nitrogens with two attached hydrogens (primary N) is 1. The topological polar surface area (TPSA) is 56.5 Å². The first-order valence-electron chi connectivity index (χ1n) is 6.75. The molecule has 1 unspecified atom stereocenters. The fourth-order valence-electron chi connectivity index (χ4n) is 2.19. The molecule has 0 spiro atoms. The van der Waals surface area contributed by atoms with E-state index < -0.39 is 0 Å². The molecule has 1 aliphatic rings. The maximum absolute atomic E-state index is 6.05. The molecular formula is C15H22N2O2. The number of piperidine rings is 1. The van der Waals surface area contributed by atoms with Crippen LogP contribution in [0.3, 0.4) is 0 Å². The van der Waals surface area contributed by atoms with Gasteiger partial charge in [0, 0.05) is 13.1 Å². The van der Waals surface area contributed by atoms with Gasteiger partial charge in [-0.15, -0.1) is 0 Å². The van der Waals surface area contributed by atoms with Crippen LogP contribution in [-0.2, 0) is 0 Å². The Labute approximate surface area is 114 Å². The van der Waals surface area contributed by atoms with Gasteiger partial charge in [0.1, 0.15) is 6.10 Å². The van der Waals surface area contributed by atoms with Crippen molar-refractivity contribution in [3.05, 3.63) is 29.8 Å². The van der Waals surface area contributed by atoms with Gasteiger partial charge in [-0.3, -0.25) is 0 Å². The van der Waals surface area contributed by atoms with Gasteiger partial charge in [0.25, 0.3) is 0 Å². The lowest BCUT2D eigenvalue weighted by Gasteiger charge is -2.25. The number of benzene rings is 1. The van der Waals surface area contributed by atoms with Crippen LogP contribution in [0.2, 0.25) is 0 Å². The first-order chi connectivity index (χ1) is 9.33. The monoisotopic (exact) mass is 262 g/mol. The molecule has 0 aliphatic carbocycles. The van der Waals surface area contributed by atoms with Crippen molar-refractivity contribution < 1.29 is 9.47 Å². The first-order valence-corrected chi connectivity index (χ1v) is 6.75. The van der Waals surface area contributed by atoms with Crippen molar-refractivity contribution in [3.8, 4) is 11.5 Å². The highest BCUT2D eigenvalue weighted by molar-refractivity contribution is 5.56. The Morgan fingerprint density at radius 2 is 2.32 bits per heavy atom. The van der Waals surface area contributed by atoms with Crippen LogP contribution in [0.5, 0.6) is 11.5 Å². The summed E-state index contributed by atoms with van der Waals surface area (Å²) in [6, 6.07) is 5.93. The fraction of sp³-hybridized carbons (Fsp3) is 0.467. The number of hydrogen-bond donors (Lipinski definition) is 2. The second kappa shape index (κ2) is 7.16. The Hall–Kier alpha value is -1.52. The normalized spacial score (nSPS) is 19.6. The third kappa shape index (κ3) is 3.98. The molecule has 2 rings (SSSR count). The highest BCUT2D eigenvalue weighted by Gasteiger charge is 2.16. The van der Waals surface area contributed by atoms with Gasteiger partial charge in [-0.05, 0) is 37.1 Å². The molecule has 19 heavy (non-hydrogen) atoms. The van der Waals surface area contributed by atoms with Crippen LogP contribution in [0.25, 0.3) is 6.08 Å². The molecule has 3 N–H and O–H groups in total. The molecule has 0 radical (unpaired) electrons. The van der Waals surface area contributed by atoms with Gasteiger partial charge in [-0.1, -0.05) is 18.2 Å². The SMILES string of the molecule is COc1ccc(/C=C/CN)cc1OC1CCCNC1. The molecule has 1 heterocycles. The van der Waals surface area contributed by atoms with Gasteiger partial charge in [0.05, 0.1) is 7.11 Å². The molecule has 1 saturated heterocycles. The van der Waals surface area contributed by atoms with Crippen LogP contribution in [0, 0.1) is 0 Å². The zero-order valence-electron chi connectivity index (χ0n) is 11.4. The molecule has 0 aromatic heterocycles. The van der Waals surface area contributed by atoms with E-state index in [0.29, 0.717) is 6.54 Å². The fourth-order valence-corrected chi connectivity index (χ4v) is 2.19. The van der Waals surface area contributed by atoms with Crippen molar-refractivity contribution >= 4 is 6.08 Å². The molecule has 1 aromatic carbocycles. The second-order valence-electron chi connectivity index (χ2n) is 4.63. The molecule has 1 aliphatic heterocycles. The van der Waals surface area contributed by atoms with Crippen molar-refractivity contribution in [1.82, 2.24) is 5.32 Å². The van der Waals surface area contributed by atoms with E-state index in [0.717, 1.165) is 43.0 Å². The third-order valence-corrected chi connectivity index (χ3v) is 3.18. The van der Waals surface area contributed by atoms with Crippen molar-refractivity contribution in [2.75, 3.05) is 26.7 Å². The number of ether oxygens (including phenoxy) is 2. The summed E-state index contributed by atoms with van der Waals surface area (Å²) in [5.41, 5.74) is 6.54. The largest absolute Gasteiger partial charge is 0.493 e. The summed E-state index contributed by atoms with van der Waals surface area (Å²) in [6.45, 7) is 2.51. The average molecular weight is 262 g/mol. The lowest BCUT2D eigenvalue weighted by molar-refractivity contribution is 0.161. The van der Waals surface area contributed by atoms with E-state index in [1.54, 1.807) is 7.11 Å². The third-order valence-electron chi connectivity index (χ3n) is 3.18. The number of hydrogen-bond acceptors (Lipinski definition) is 4. The maximum Gasteiger partial charge on any atom is 0.162 e. The summed E-state index contributed by atoms with van der Waals surface area (Å²) >= 11 is 0. The minimum absolute atomic E-state index is 0.219. The van der Waals surface area contributed by atoms with E-state index in [-0.39, 0.29) is 6.10 Å². The van der Waals surface area contributed by atoms with Crippen molar-refractivity contribution in [2.24, 2.45) is 5.73 Å². The number of rotatable bonds is 5. The van der Waals surface area contributed by atoms with Crippen molar-refractivity contribution in [2.45, 2.75) is 18.9 Å². The summed E-state index contributed by atoms with van der Waals surface area (Å²) in [7, 11) is 1.66. The number of nitrogens with one attached hydrogen (secondary N) is 1. The Morgan fingerprint density at radius 1 is 1.42 bits per heavy atom. The predicted octanol–water partition coefficient (Wildman–Crippen LogP) is 1.80. The average Bonchev–Trinajstić information content (AvgIpc) is 2.46. The van der Waals surface area contributed by atoms with E-state index >= 15 is 0 Å². The van der Waals surface area contributed by atoms with E-state index in [1.165, 1.54) is 0 Å². The summed E-state index contributed by atoms with van der Waals surface area (Å²) in [5, 5.41) is 3.35. The van der Waals surface area contributed by atoms with Crippen LogP contribution in [0.4, 0.5) is 0 Å². The summed E-state index contributed by atoms with van der Waals surface area (Å²) in [4.78, 5) is 0. The molecule has 1 fully saturated rings. The molecule has 4 heteroatoms. The van der Waals surface area contributed by atoms with Crippen molar-refractivity contribution in [3.63, 3.8) is 0 Å². The summed E-state index contributed by atoms with van der Waals surface area (Å²) in [5.74, 6) is 1.57. The van der Waals surface area contributed by atoms with E-state index in [4.69, 9.17) is 15.2 Å². The molecular weight excluding hydrogens is 240 g/mol. The Balaban J connectivity index is 2.13. The van der Waals surface area contributed by atoms with E-state index in [2.05, 4.69) is 5.32 Å². The van der Waals surface area contributed by atoms with Crippen molar-refractivity contribution in [1.29, 1.82) is 0 Å². The molecule has 0 amide bonds. The predicted molar refractivity (Wildman–Crippen MR) is 77.6 cm³/mol. The van der Waals surface area contributed by atoms with Crippen LogP contribution in [-0.4, -0.2) is 32.8 Å². The molecule has 1 atom stereocenters. The van der Waals surface area contributed by atoms with Crippen LogP contribution in [0.1, 0.15) is 18.4 Å². The summed E-state index contributed by atoms with van der Waals surface area (Å²) < 4.78 is 11.4. The van der Waals surface area contributed by atoms with Crippen LogP contribution < -0.4 is 20.5 Å². The Morgan fingerprint density at radius 3 is 3.00 bits per heavy atom. The molecule has 0 saturated carbocycles. The second-order valence-corrected chi connectivity index (χ2v) is 4.63. The van der Waals surface area contributed by atoms with Gasteiger partial charge in [0.2, 0.25) is 0 Å². The Kier molecular flexibility index (Phi) is 5.24. The minimum Gasteiger partial charge on any atom is -0.493 e. The molecule has 1 aromatic rings. The lowest BCUT2D eigenvalue weighted by Crippen LogP contribution is -2.37. The minimum atomic E-state index is 0.219. The van der Waals surface area contributed by atoms with Gasteiger partial charge < -0.3 is 20.5 Å². The lowest BCUT2D eigenvalue weighted by atomic mass is 10.1. The standard InChI is InChI=1S/C15H22N2O2/c1-18-14-7-6-12(4-2-8-16)10-15(14)19-13-5-3-9-17-11-13/h2,4,6-7,10,13,17H,3,5,8-9,11,16H2,1H3/b4-2+. The highest BCUT2D eigenvalue weighted by atomic mass is 16.5. The smallest absolute Gasteiger partial charge is 0.162 e. The zero-order valence-corrected chi connectivity index (χ0v) is 11.4. The van der Waals surface area contributed by atoms with E-state index in [9.17, 15) is 0 Å². The van der Waals surface area contributed by atoms with Gasteiger partial charge >= 0.3 is 0 Å². The molecule has 0 bridgehead atoms. The van der Waals surface area contributed by atoms with Gasteiger partial charge in [-0.25, -0.2) is 0 Å². The molecule has 104 valence electrons. The van der Waals surface area contributed by atoms with E-state index in [1.807, 2.05) is 30.4 Å². The van der Waals surface area contributed by atoms with Crippen LogP contribution in [0.15, 0.2) is 24.3 Å². The van der Waals surface area contributed by atoms with Gasteiger partial charge in [0.15, 0.2) is 11.5 Å². The molecule has 4 nitrogen and oxygen atoms in total. The van der Waals surface area contributed by atoms with Crippen LogP contribution >= 0.6 is 0 Å². The maximum atomic E-state index is 6.05. The Bertz CT molecular complexity index is 426. The number of methoxy groups -OCH3 is 1.